The van der Waals surface area contributed by atoms with Crippen molar-refractivity contribution in [1.29, 1.82) is 0 Å². The van der Waals surface area contributed by atoms with Crippen LogP contribution in [0.15, 0.2) is 23.5 Å². The van der Waals surface area contributed by atoms with Crippen LogP contribution >= 0.6 is 0 Å². The van der Waals surface area contributed by atoms with Gasteiger partial charge in [0, 0.05) is 0 Å². The highest BCUT2D eigenvalue weighted by molar-refractivity contribution is 5.13. The maximum Gasteiger partial charge on any atom is 0.111 e. The highest BCUT2D eigenvalue weighted by Crippen LogP contribution is 1.95. The first-order chi connectivity index (χ1) is 4.66. The third-order valence-corrected chi connectivity index (χ3v) is 0.732. The fourth-order valence-electron chi connectivity index (χ4n) is 0.379. The highest BCUT2D eigenvalue weighted by Gasteiger charge is 1.79. The maximum absolute atomic E-state index is 8.81. The minimum absolute atomic E-state index is 0.338. The number of hydrogen-bond donors (Lipinski definition) is 1. The van der Waals surface area contributed by atoms with E-state index in [9.17, 15) is 0 Å². The van der Waals surface area contributed by atoms with Crippen molar-refractivity contribution in [3.8, 4) is 0 Å². The average molecular weight is 142 g/mol. The van der Waals surface area contributed by atoms with Gasteiger partial charge in [-0.3, -0.25) is 0 Å². The molecule has 0 aliphatic rings. The molecule has 0 spiro atoms. The number of aliphatic hydroxyl groups is 1. The Morgan fingerprint density at radius 2 is 1.60 bits per heavy atom. The van der Waals surface area contributed by atoms with Crippen LogP contribution in [0.4, 0.5) is 0 Å². The third kappa shape index (κ3) is 10.3. The average Bonchev–Trinajstić information content (AvgIpc) is 1.91. The summed E-state index contributed by atoms with van der Waals surface area (Å²) in [6, 6.07) is 0. The van der Waals surface area contributed by atoms with E-state index in [-0.39, 0.29) is 0 Å². The lowest BCUT2D eigenvalue weighted by Gasteiger charge is -1.88. The Hall–Kier alpha value is -0.720. The molecule has 60 valence electrons. The maximum atomic E-state index is 8.81. The Kier molecular flexibility index (Phi) is 9.94. The molecule has 0 saturated heterocycles. The van der Waals surface area contributed by atoms with E-state index < -0.39 is 0 Å². The molecular formula is C9H18O. The van der Waals surface area contributed by atoms with Crippen LogP contribution in [0.25, 0.3) is 0 Å². The number of aliphatic hydroxyl groups excluding tert-OH is 1. The highest BCUT2D eigenvalue weighted by atomic mass is 16.3. The Morgan fingerprint density at radius 3 is 1.70 bits per heavy atom. The van der Waals surface area contributed by atoms with Crippen molar-refractivity contribution >= 4 is 0 Å². The van der Waals surface area contributed by atoms with Crippen molar-refractivity contribution in [2.45, 2.75) is 34.6 Å². The van der Waals surface area contributed by atoms with Crippen molar-refractivity contribution in [3.63, 3.8) is 0 Å². The molecule has 0 fully saturated rings. The molecule has 0 rings (SSSR count). The zero-order chi connectivity index (χ0) is 8.57. The van der Waals surface area contributed by atoms with E-state index in [4.69, 9.17) is 5.11 Å². The summed E-state index contributed by atoms with van der Waals surface area (Å²) in [6.07, 6.45) is 3.38. The Labute approximate surface area is 64.1 Å². The summed E-state index contributed by atoms with van der Waals surface area (Å²) in [5.74, 6) is 0.338. The van der Waals surface area contributed by atoms with E-state index in [1.807, 2.05) is 27.7 Å². The van der Waals surface area contributed by atoms with E-state index in [1.165, 1.54) is 0 Å². The Balaban J connectivity index is 0. The minimum atomic E-state index is 0.338. The van der Waals surface area contributed by atoms with Gasteiger partial charge in [0.2, 0.25) is 0 Å². The van der Waals surface area contributed by atoms with Gasteiger partial charge in [-0.05, 0) is 32.9 Å². The Bertz CT molecular complexity index is 117. The van der Waals surface area contributed by atoms with Gasteiger partial charge in [0.1, 0.15) is 5.76 Å². The SMILES string of the molecule is C/C=C(/O)C=C(C)C.CC. The third-order valence-electron chi connectivity index (χ3n) is 0.732. The monoisotopic (exact) mass is 142 g/mol. The molecular weight excluding hydrogens is 124 g/mol. The predicted octanol–water partition coefficient (Wildman–Crippen LogP) is 3.44. The fraction of sp³-hybridized carbons (Fsp3) is 0.556. The van der Waals surface area contributed by atoms with Gasteiger partial charge < -0.3 is 5.11 Å². The topological polar surface area (TPSA) is 20.2 Å². The van der Waals surface area contributed by atoms with Crippen molar-refractivity contribution in [1.82, 2.24) is 0 Å². The van der Waals surface area contributed by atoms with Gasteiger partial charge in [-0.2, -0.15) is 0 Å². The number of rotatable bonds is 1. The second-order valence-corrected chi connectivity index (χ2v) is 1.94. The molecule has 0 aromatic rings. The molecule has 0 aliphatic carbocycles. The molecule has 1 nitrogen and oxygen atoms in total. The van der Waals surface area contributed by atoms with E-state index >= 15 is 0 Å². The van der Waals surface area contributed by atoms with Gasteiger partial charge in [-0.1, -0.05) is 19.4 Å². The minimum Gasteiger partial charge on any atom is -0.508 e. The second-order valence-electron chi connectivity index (χ2n) is 1.94. The van der Waals surface area contributed by atoms with E-state index in [0.717, 1.165) is 5.57 Å². The fourth-order valence-corrected chi connectivity index (χ4v) is 0.379. The van der Waals surface area contributed by atoms with Gasteiger partial charge >= 0.3 is 0 Å². The summed E-state index contributed by atoms with van der Waals surface area (Å²) < 4.78 is 0. The normalized spacial score (nSPS) is 9.50. The lowest BCUT2D eigenvalue weighted by molar-refractivity contribution is 0.430. The molecule has 0 radical (unpaired) electrons. The van der Waals surface area contributed by atoms with Crippen LogP contribution < -0.4 is 0 Å². The summed E-state index contributed by atoms with van der Waals surface area (Å²) in [4.78, 5) is 0. The number of hydrogen-bond acceptors (Lipinski definition) is 1. The molecule has 1 heteroatoms. The van der Waals surface area contributed by atoms with Crippen molar-refractivity contribution < 1.29 is 5.11 Å². The smallest absolute Gasteiger partial charge is 0.111 e. The number of allylic oxidation sites excluding steroid dienone is 3. The van der Waals surface area contributed by atoms with E-state index in [1.54, 1.807) is 19.1 Å². The first kappa shape index (κ1) is 12.0. The molecule has 0 atom stereocenters. The largest absolute Gasteiger partial charge is 0.508 e. The molecule has 0 aromatic heterocycles. The molecule has 0 unspecified atom stereocenters. The Morgan fingerprint density at radius 1 is 1.20 bits per heavy atom. The summed E-state index contributed by atoms with van der Waals surface area (Å²) in [6.45, 7) is 9.69. The zero-order valence-corrected chi connectivity index (χ0v) is 7.60. The van der Waals surface area contributed by atoms with Gasteiger partial charge in [0.05, 0.1) is 0 Å². The lowest BCUT2D eigenvalue weighted by Crippen LogP contribution is -1.72. The summed E-state index contributed by atoms with van der Waals surface area (Å²) in [5, 5.41) is 8.81. The zero-order valence-electron chi connectivity index (χ0n) is 7.60. The summed E-state index contributed by atoms with van der Waals surface area (Å²) in [7, 11) is 0. The van der Waals surface area contributed by atoms with Gasteiger partial charge in [0.15, 0.2) is 0 Å². The molecule has 0 heterocycles. The summed E-state index contributed by atoms with van der Waals surface area (Å²) in [5.41, 5.74) is 1.11. The van der Waals surface area contributed by atoms with E-state index in [2.05, 4.69) is 0 Å². The van der Waals surface area contributed by atoms with E-state index in [0.29, 0.717) is 5.76 Å². The van der Waals surface area contributed by atoms with Crippen LogP contribution in [0.1, 0.15) is 34.6 Å². The molecule has 0 aliphatic heterocycles. The first-order valence-electron chi connectivity index (χ1n) is 3.67. The molecule has 0 amide bonds. The van der Waals surface area contributed by atoms with Crippen molar-refractivity contribution in [2.24, 2.45) is 0 Å². The predicted molar refractivity (Wildman–Crippen MR) is 47.2 cm³/mol. The van der Waals surface area contributed by atoms with Gasteiger partial charge in [-0.15, -0.1) is 0 Å². The van der Waals surface area contributed by atoms with Crippen LogP contribution in [0.3, 0.4) is 0 Å². The van der Waals surface area contributed by atoms with Crippen LogP contribution in [-0.2, 0) is 0 Å². The molecule has 0 aromatic carbocycles. The second kappa shape index (κ2) is 8.28. The summed E-state index contributed by atoms with van der Waals surface area (Å²) >= 11 is 0. The molecule has 0 saturated carbocycles. The first-order valence-corrected chi connectivity index (χ1v) is 3.67. The van der Waals surface area contributed by atoms with Gasteiger partial charge in [-0.25, -0.2) is 0 Å². The lowest BCUT2D eigenvalue weighted by atomic mass is 10.3. The van der Waals surface area contributed by atoms with Crippen molar-refractivity contribution in [2.75, 3.05) is 0 Å². The van der Waals surface area contributed by atoms with Gasteiger partial charge in [0.25, 0.3) is 0 Å². The van der Waals surface area contributed by atoms with Crippen molar-refractivity contribution in [3.05, 3.63) is 23.5 Å². The standard InChI is InChI=1S/C7H12O.C2H6/c1-4-7(8)5-6(2)3;1-2/h4-5,8H,1-3H3;1-2H3/b7-4+;. The molecule has 0 bridgehead atoms. The molecule has 1 N–H and O–H groups in total. The molecule has 10 heavy (non-hydrogen) atoms. The van der Waals surface area contributed by atoms with Crippen LogP contribution in [0, 0.1) is 0 Å². The quantitative estimate of drug-likeness (QED) is 0.439. The van der Waals surface area contributed by atoms with Crippen LogP contribution in [-0.4, -0.2) is 5.11 Å². The van der Waals surface area contributed by atoms with Crippen LogP contribution in [0.5, 0.6) is 0 Å². The van der Waals surface area contributed by atoms with Crippen LogP contribution in [0.2, 0.25) is 0 Å².